The quantitative estimate of drug-likeness (QED) is 0.861. The smallest absolute Gasteiger partial charge is 0.287 e. The molecule has 0 fully saturated rings. The van der Waals surface area contributed by atoms with Crippen molar-refractivity contribution >= 4 is 28.6 Å². The van der Waals surface area contributed by atoms with E-state index in [1.807, 2.05) is 12.3 Å². The number of hydrogen-bond donors (Lipinski definition) is 1. The topological polar surface area (TPSA) is 59.8 Å². The standard InChI is InChI=1S/C12H13ClN4OS/c1-3-4-17-12(18)11(13)9(5-15-17)14-6-10-16-8(2)7-19-10/h3,5,7,14H,1,4,6H2,2H3. The van der Waals surface area contributed by atoms with Gasteiger partial charge in [0, 0.05) is 11.1 Å². The van der Waals surface area contributed by atoms with Crippen molar-refractivity contribution in [3.05, 3.63) is 50.3 Å². The van der Waals surface area contributed by atoms with Gasteiger partial charge >= 0.3 is 0 Å². The second-order valence-corrected chi connectivity index (χ2v) is 5.20. The summed E-state index contributed by atoms with van der Waals surface area (Å²) in [5, 5.41) is 10.1. The van der Waals surface area contributed by atoms with Crippen LogP contribution < -0.4 is 10.9 Å². The Balaban J connectivity index is 2.15. The van der Waals surface area contributed by atoms with Gasteiger partial charge in [0.05, 0.1) is 25.0 Å². The summed E-state index contributed by atoms with van der Waals surface area (Å²) in [5.74, 6) is 0. The van der Waals surface area contributed by atoms with Crippen LogP contribution in [0.25, 0.3) is 0 Å². The zero-order valence-corrected chi connectivity index (χ0v) is 12.0. The Bertz CT molecular complexity index is 649. The summed E-state index contributed by atoms with van der Waals surface area (Å²) in [6.07, 6.45) is 3.13. The molecule has 2 rings (SSSR count). The molecule has 0 radical (unpaired) electrons. The summed E-state index contributed by atoms with van der Waals surface area (Å²) in [4.78, 5) is 16.2. The third-order valence-electron chi connectivity index (χ3n) is 2.38. The van der Waals surface area contributed by atoms with Gasteiger partial charge in [-0.1, -0.05) is 17.7 Å². The molecule has 1 N–H and O–H groups in total. The molecule has 0 aromatic carbocycles. The molecule has 0 aliphatic heterocycles. The molecule has 0 spiro atoms. The van der Waals surface area contributed by atoms with Crippen LogP contribution in [0.3, 0.4) is 0 Å². The summed E-state index contributed by atoms with van der Waals surface area (Å²) < 4.78 is 1.26. The number of hydrogen-bond acceptors (Lipinski definition) is 5. The lowest BCUT2D eigenvalue weighted by atomic mass is 10.4. The first-order valence-electron chi connectivity index (χ1n) is 5.63. The summed E-state index contributed by atoms with van der Waals surface area (Å²) >= 11 is 7.57. The van der Waals surface area contributed by atoms with E-state index in [4.69, 9.17) is 11.6 Å². The Morgan fingerprint density at radius 1 is 1.63 bits per heavy atom. The van der Waals surface area contributed by atoms with Crippen molar-refractivity contribution in [1.29, 1.82) is 0 Å². The number of anilines is 1. The lowest BCUT2D eigenvalue weighted by Gasteiger charge is -2.08. The first-order valence-corrected chi connectivity index (χ1v) is 6.89. The van der Waals surface area contributed by atoms with E-state index in [1.165, 1.54) is 10.9 Å². The van der Waals surface area contributed by atoms with Gasteiger partial charge in [-0.2, -0.15) is 5.10 Å². The second-order valence-electron chi connectivity index (χ2n) is 3.88. The zero-order valence-electron chi connectivity index (χ0n) is 10.4. The number of nitrogens with one attached hydrogen (secondary N) is 1. The minimum absolute atomic E-state index is 0.130. The van der Waals surface area contributed by atoms with Crippen molar-refractivity contribution in [2.45, 2.75) is 20.0 Å². The Morgan fingerprint density at radius 3 is 3.05 bits per heavy atom. The van der Waals surface area contributed by atoms with Crippen LogP contribution >= 0.6 is 22.9 Å². The minimum Gasteiger partial charge on any atom is -0.376 e. The Hall–Kier alpha value is -1.66. The Morgan fingerprint density at radius 2 is 2.42 bits per heavy atom. The van der Waals surface area contributed by atoms with Crippen molar-refractivity contribution in [3.63, 3.8) is 0 Å². The molecule has 0 atom stereocenters. The van der Waals surface area contributed by atoms with E-state index in [9.17, 15) is 4.79 Å². The summed E-state index contributed by atoms with van der Waals surface area (Å²) in [6.45, 7) is 6.35. The molecule has 0 bridgehead atoms. The van der Waals surface area contributed by atoms with Gasteiger partial charge in [-0.25, -0.2) is 9.67 Å². The predicted octanol–water partition coefficient (Wildman–Crippen LogP) is 2.46. The normalized spacial score (nSPS) is 10.4. The molecular weight excluding hydrogens is 284 g/mol. The first-order chi connectivity index (χ1) is 9.11. The van der Waals surface area contributed by atoms with E-state index in [-0.39, 0.29) is 10.6 Å². The first kappa shape index (κ1) is 13.8. The largest absolute Gasteiger partial charge is 0.376 e. The number of rotatable bonds is 5. The van der Waals surface area contributed by atoms with Gasteiger partial charge in [0.15, 0.2) is 0 Å². The van der Waals surface area contributed by atoms with Gasteiger partial charge in [0.2, 0.25) is 0 Å². The van der Waals surface area contributed by atoms with Gasteiger partial charge in [0.1, 0.15) is 10.0 Å². The van der Waals surface area contributed by atoms with Gasteiger partial charge in [0.25, 0.3) is 5.56 Å². The van der Waals surface area contributed by atoms with Crippen molar-refractivity contribution in [2.75, 3.05) is 5.32 Å². The number of aryl methyl sites for hydroxylation is 1. The number of nitrogens with zero attached hydrogens (tertiary/aromatic N) is 3. The average molecular weight is 297 g/mol. The van der Waals surface area contributed by atoms with Gasteiger partial charge in [-0.3, -0.25) is 4.79 Å². The summed E-state index contributed by atoms with van der Waals surface area (Å²) in [5.41, 5.74) is 1.16. The zero-order chi connectivity index (χ0) is 13.8. The maximum atomic E-state index is 11.9. The van der Waals surface area contributed by atoms with E-state index in [2.05, 4.69) is 22.0 Å². The molecule has 19 heavy (non-hydrogen) atoms. The summed E-state index contributed by atoms with van der Waals surface area (Å²) in [6, 6.07) is 0. The molecule has 100 valence electrons. The van der Waals surface area contributed by atoms with Crippen LogP contribution in [0.4, 0.5) is 5.69 Å². The van der Waals surface area contributed by atoms with Crippen molar-refractivity contribution in [1.82, 2.24) is 14.8 Å². The molecule has 0 aliphatic carbocycles. The maximum Gasteiger partial charge on any atom is 0.287 e. The fraction of sp³-hybridized carbons (Fsp3) is 0.250. The van der Waals surface area contributed by atoms with E-state index >= 15 is 0 Å². The van der Waals surface area contributed by atoms with Gasteiger partial charge in [-0.05, 0) is 6.92 Å². The van der Waals surface area contributed by atoms with Crippen LogP contribution in [-0.4, -0.2) is 14.8 Å². The van der Waals surface area contributed by atoms with Crippen molar-refractivity contribution in [2.24, 2.45) is 0 Å². The second kappa shape index (κ2) is 5.99. The predicted molar refractivity (Wildman–Crippen MR) is 77.9 cm³/mol. The molecule has 5 nitrogen and oxygen atoms in total. The van der Waals surface area contributed by atoms with Gasteiger partial charge < -0.3 is 5.32 Å². The van der Waals surface area contributed by atoms with Crippen LogP contribution in [0.1, 0.15) is 10.7 Å². The monoisotopic (exact) mass is 296 g/mol. The van der Waals surface area contributed by atoms with E-state index in [1.54, 1.807) is 17.4 Å². The highest BCUT2D eigenvalue weighted by molar-refractivity contribution is 7.09. The average Bonchev–Trinajstić information content (AvgIpc) is 2.80. The van der Waals surface area contributed by atoms with E-state index in [0.29, 0.717) is 18.8 Å². The molecule has 2 aromatic rings. The van der Waals surface area contributed by atoms with Crippen molar-refractivity contribution < 1.29 is 0 Å². The van der Waals surface area contributed by atoms with Gasteiger partial charge in [-0.15, -0.1) is 17.9 Å². The number of halogens is 1. The van der Waals surface area contributed by atoms with Crippen LogP contribution in [0.15, 0.2) is 29.0 Å². The van der Waals surface area contributed by atoms with Crippen molar-refractivity contribution in [3.8, 4) is 0 Å². The lowest BCUT2D eigenvalue weighted by Crippen LogP contribution is -2.23. The molecule has 7 heteroatoms. The Kier molecular flexibility index (Phi) is 4.34. The fourth-order valence-corrected chi connectivity index (χ4v) is 2.42. The third kappa shape index (κ3) is 3.21. The minimum atomic E-state index is -0.332. The molecule has 0 saturated carbocycles. The molecular formula is C12H13ClN4OS. The van der Waals surface area contributed by atoms with Crippen LogP contribution in [0, 0.1) is 6.92 Å². The maximum absolute atomic E-state index is 11.9. The molecule has 0 unspecified atom stereocenters. The lowest BCUT2D eigenvalue weighted by molar-refractivity contribution is 0.653. The van der Waals surface area contributed by atoms with Crippen LogP contribution in [0.5, 0.6) is 0 Å². The SMILES string of the molecule is C=CCn1ncc(NCc2nc(C)cs2)c(Cl)c1=O. The molecule has 0 aliphatic rings. The number of allylic oxidation sites excluding steroid dienone is 1. The highest BCUT2D eigenvalue weighted by Crippen LogP contribution is 2.17. The van der Waals surface area contributed by atoms with E-state index < -0.39 is 0 Å². The fourth-order valence-electron chi connectivity index (χ4n) is 1.50. The van der Waals surface area contributed by atoms with E-state index in [0.717, 1.165) is 10.7 Å². The Labute approximate surface area is 119 Å². The molecule has 2 aromatic heterocycles. The number of aromatic nitrogens is 3. The highest BCUT2D eigenvalue weighted by atomic mass is 35.5. The molecule has 2 heterocycles. The number of thiazole rings is 1. The van der Waals surface area contributed by atoms with Crippen LogP contribution in [0.2, 0.25) is 5.02 Å². The highest BCUT2D eigenvalue weighted by Gasteiger charge is 2.08. The molecule has 0 saturated heterocycles. The van der Waals surface area contributed by atoms with Crippen LogP contribution in [-0.2, 0) is 13.1 Å². The third-order valence-corrected chi connectivity index (χ3v) is 3.72. The summed E-state index contributed by atoms with van der Waals surface area (Å²) in [7, 11) is 0. The molecule has 0 amide bonds.